The Bertz CT molecular complexity index is 1290. The minimum atomic E-state index is -0.213. The van der Waals surface area contributed by atoms with Crippen molar-refractivity contribution in [1.82, 2.24) is 24.6 Å². The zero-order valence-electron chi connectivity index (χ0n) is 21.1. The highest BCUT2D eigenvalue weighted by Crippen LogP contribution is 2.43. The lowest BCUT2D eigenvalue weighted by Crippen LogP contribution is -2.31. The monoisotopic (exact) mass is 483 g/mol. The molecule has 1 unspecified atom stereocenters. The molecule has 36 heavy (non-hydrogen) atoms. The Balaban J connectivity index is 1.45. The summed E-state index contributed by atoms with van der Waals surface area (Å²) in [7, 11) is 0. The van der Waals surface area contributed by atoms with Crippen molar-refractivity contribution in [3.8, 4) is 17.0 Å². The molecule has 1 aliphatic rings. The van der Waals surface area contributed by atoms with Gasteiger partial charge in [0.05, 0.1) is 24.7 Å². The van der Waals surface area contributed by atoms with Gasteiger partial charge in [-0.1, -0.05) is 55.8 Å². The molecule has 186 valence electrons. The first kappa shape index (κ1) is 23.9. The van der Waals surface area contributed by atoms with E-state index < -0.39 is 0 Å². The van der Waals surface area contributed by atoms with Gasteiger partial charge in [0, 0.05) is 36.6 Å². The summed E-state index contributed by atoms with van der Waals surface area (Å²) in [5.74, 6) is 1.44. The first-order valence-corrected chi connectivity index (χ1v) is 12.7. The van der Waals surface area contributed by atoms with Crippen molar-refractivity contribution in [2.24, 2.45) is 5.92 Å². The summed E-state index contributed by atoms with van der Waals surface area (Å²) in [4.78, 5) is 19.6. The van der Waals surface area contributed by atoms with Gasteiger partial charge in [0.15, 0.2) is 0 Å². The van der Waals surface area contributed by atoms with Crippen LogP contribution in [-0.2, 0) is 6.54 Å². The Hall–Kier alpha value is -3.87. The lowest BCUT2D eigenvalue weighted by Gasteiger charge is -2.26. The molecule has 0 aliphatic carbocycles. The number of hydrogen-bond donors (Lipinski definition) is 1. The topological polar surface area (TPSA) is 76.0 Å². The summed E-state index contributed by atoms with van der Waals surface area (Å²) in [6.07, 6.45) is 7.37. The molecule has 0 saturated heterocycles. The number of carbonyl (C=O) groups is 1. The van der Waals surface area contributed by atoms with Crippen LogP contribution in [0.2, 0.25) is 0 Å². The predicted molar refractivity (Wildman–Crippen MR) is 140 cm³/mol. The number of aromatic nitrogens is 4. The first-order valence-electron chi connectivity index (χ1n) is 12.7. The van der Waals surface area contributed by atoms with E-state index in [0.29, 0.717) is 24.8 Å². The molecule has 1 atom stereocenters. The molecule has 0 radical (unpaired) electrons. The van der Waals surface area contributed by atoms with E-state index in [1.807, 2.05) is 34.1 Å². The van der Waals surface area contributed by atoms with Crippen LogP contribution < -0.4 is 4.74 Å². The van der Waals surface area contributed by atoms with Crippen LogP contribution in [0.3, 0.4) is 0 Å². The molecule has 7 heteroatoms. The third kappa shape index (κ3) is 4.91. The van der Waals surface area contributed by atoms with Gasteiger partial charge < -0.3 is 14.2 Å². The maximum Gasteiger partial charge on any atom is 0.273 e. The molecule has 1 aliphatic heterocycles. The molecule has 3 heterocycles. The van der Waals surface area contributed by atoms with Crippen LogP contribution in [0.4, 0.5) is 0 Å². The number of amides is 1. The van der Waals surface area contributed by atoms with Crippen molar-refractivity contribution in [3.05, 3.63) is 89.6 Å². The molecule has 7 nitrogen and oxygen atoms in total. The van der Waals surface area contributed by atoms with Gasteiger partial charge in [-0.3, -0.25) is 9.89 Å². The zero-order chi connectivity index (χ0) is 25.1. The fourth-order valence-electron chi connectivity index (χ4n) is 4.71. The second kappa shape index (κ2) is 10.4. The summed E-state index contributed by atoms with van der Waals surface area (Å²) < 4.78 is 7.98. The number of ether oxygens (including phenoxy) is 1. The predicted octanol–water partition coefficient (Wildman–Crippen LogP) is 5.64. The van der Waals surface area contributed by atoms with Crippen molar-refractivity contribution < 1.29 is 9.53 Å². The van der Waals surface area contributed by atoms with E-state index in [2.05, 4.69) is 72.4 Å². The normalized spacial score (nSPS) is 15.1. The van der Waals surface area contributed by atoms with E-state index >= 15 is 0 Å². The van der Waals surface area contributed by atoms with Gasteiger partial charge in [-0.2, -0.15) is 5.10 Å². The van der Waals surface area contributed by atoms with E-state index in [4.69, 9.17) is 4.74 Å². The number of hydrogen-bond acceptors (Lipinski definition) is 4. The summed E-state index contributed by atoms with van der Waals surface area (Å²) in [6, 6.07) is 16.2. The summed E-state index contributed by atoms with van der Waals surface area (Å²) >= 11 is 0. The third-order valence-corrected chi connectivity index (χ3v) is 6.72. The van der Waals surface area contributed by atoms with Gasteiger partial charge in [0.25, 0.3) is 5.91 Å². The molecule has 0 bridgehead atoms. The number of aromatic amines is 1. The average molecular weight is 484 g/mol. The largest absolute Gasteiger partial charge is 0.494 e. The van der Waals surface area contributed by atoms with Crippen LogP contribution in [0, 0.1) is 12.8 Å². The Labute approximate surface area is 212 Å². The average Bonchev–Trinajstić information content (AvgIpc) is 3.59. The zero-order valence-corrected chi connectivity index (χ0v) is 21.1. The van der Waals surface area contributed by atoms with Crippen molar-refractivity contribution in [3.63, 3.8) is 0 Å². The number of carbonyl (C=O) groups excluding carboxylic acids is 1. The van der Waals surface area contributed by atoms with Crippen molar-refractivity contribution in [2.75, 3.05) is 13.2 Å². The molecule has 0 fully saturated rings. The van der Waals surface area contributed by atoms with Gasteiger partial charge in [0.2, 0.25) is 0 Å². The number of benzene rings is 2. The number of nitrogens with one attached hydrogen (secondary N) is 1. The smallest absolute Gasteiger partial charge is 0.273 e. The van der Waals surface area contributed by atoms with Crippen molar-refractivity contribution in [1.29, 1.82) is 0 Å². The maximum atomic E-state index is 13.6. The molecule has 0 saturated carbocycles. The van der Waals surface area contributed by atoms with E-state index in [9.17, 15) is 4.79 Å². The number of nitrogens with zero attached hydrogens (tertiary/aromatic N) is 4. The molecule has 2 aromatic carbocycles. The highest BCUT2D eigenvalue weighted by atomic mass is 16.5. The van der Waals surface area contributed by atoms with Gasteiger partial charge >= 0.3 is 0 Å². The molecule has 1 amide bonds. The van der Waals surface area contributed by atoms with Crippen molar-refractivity contribution >= 4 is 5.91 Å². The summed E-state index contributed by atoms with van der Waals surface area (Å²) in [6.45, 7) is 8.58. The lowest BCUT2D eigenvalue weighted by molar-refractivity contribution is 0.0739. The van der Waals surface area contributed by atoms with E-state index in [1.54, 1.807) is 6.20 Å². The van der Waals surface area contributed by atoms with Crippen LogP contribution in [0.25, 0.3) is 11.3 Å². The maximum absolute atomic E-state index is 13.6. The first-order chi connectivity index (χ1) is 17.5. The number of rotatable bonds is 10. The Morgan fingerprint density at radius 3 is 2.53 bits per heavy atom. The van der Waals surface area contributed by atoms with Crippen LogP contribution in [0.1, 0.15) is 59.9 Å². The molecule has 5 rings (SSSR count). The van der Waals surface area contributed by atoms with Crippen LogP contribution >= 0.6 is 0 Å². The highest BCUT2D eigenvalue weighted by Gasteiger charge is 2.41. The van der Waals surface area contributed by atoms with E-state index in [-0.39, 0.29) is 11.9 Å². The van der Waals surface area contributed by atoms with Gasteiger partial charge in [-0.15, -0.1) is 0 Å². The summed E-state index contributed by atoms with van der Waals surface area (Å²) in [5, 5.41) is 7.64. The Morgan fingerprint density at radius 1 is 1.06 bits per heavy atom. The van der Waals surface area contributed by atoms with Crippen molar-refractivity contribution in [2.45, 2.75) is 46.2 Å². The van der Waals surface area contributed by atoms with E-state index in [0.717, 1.165) is 47.5 Å². The SMILES string of the molecule is Cc1ccc(-c2n[nH]c3c2C(c2ccc(OCCC(C)C)cc2)N(CCCn2ccnc2)C3=O)cc1. The second-order valence-electron chi connectivity index (χ2n) is 9.88. The summed E-state index contributed by atoms with van der Waals surface area (Å²) in [5.41, 5.74) is 5.60. The van der Waals surface area contributed by atoms with Crippen LogP contribution in [0.5, 0.6) is 5.75 Å². The fraction of sp³-hybridized carbons (Fsp3) is 0.345. The molecule has 2 aromatic heterocycles. The molecule has 0 spiro atoms. The minimum absolute atomic E-state index is 0.0104. The second-order valence-corrected chi connectivity index (χ2v) is 9.88. The number of H-pyrrole nitrogens is 1. The van der Waals surface area contributed by atoms with Gasteiger partial charge in [0.1, 0.15) is 11.4 Å². The number of imidazole rings is 1. The Kier molecular flexibility index (Phi) is 6.89. The lowest BCUT2D eigenvalue weighted by atomic mass is 9.95. The molecular weight excluding hydrogens is 450 g/mol. The van der Waals surface area contributed by atoms with Crippen LogP contribution in [-0.4, -0.2) is 43.7 Å². The number of aryl methyl sites for hydroxylation is 2. The molecule has 1 N–H and O–H groups in total. The third-order valence-electron chi connectivity index (χ3n) is 6.72. The molecule has 4 aromatic rings. The Morgan fingerprint density at radius 2 is 1.83 bits per heavy atom. The minimum Gasteiger partial charge on any atom is -0.494 e. The van der Waals surface area contributed by atoms with Crippen LogP contribution in [0.15, 0.2) is 67.3 Å². The van der Waals surface area contributed by atoms with Gasteiger partial charge in [-0.25, -0.2) is 4.98 Å². The quantitative estimate of drug-likeness (QED) is 0.317. The van der Waals surface area contributed by atoms with E-state index in [1.165, 1.54) is 5.56 Å². The standard InChI is InChI=1S/C29H33N5O2/c1-20(2)13-18-36-24-11-9-23(10-12-24)28-25-26(22-7-5-21(3)6-8-22)31-32-27(25)29(35)34(28)16-4-15-33-17-14-30-19-33/h5-12,14,17,19-20,28H,4,13,15-16,18H2,1-3H3,(H,31,32). The fourth-order valence-corrected chi connectivity index (χ4v) is 4.71. The number of fused-ring (bicyclic) bond motifs is 1. The van der Waals surface area contributed by atoms with Gasteiger partial charge in [-0.05, 0) is 43.4 Å². The highest BCUT2D eigenvalue weighted by molar-refractivity contribution is 6.00. The molecular formula is C29H33N5O2.